The van der Waals surface area contributed by atoms with Gasteiger partial charge in [0.2, 0.25) is 0 Å². The summed E-state index contributed by atoms with van der Waals surface area (Å²) in [6.45, 7) is 2.87. The molecule has 0 aromatic heterocycles. The van der Waals surface area contributed by atoms with E-state index in [1.165, 1.54) is 32.8 Å². The molecule has 5 nitrogen and oxygen atoms in total. The van der Waals surface area contributed by atoms with Gasteiger partial charge in [0.25, 0.3) is 0 Å². The zero-order valence-corrected chi connectivity index (χ0v) is 11.4. The van der Waals surface area contributed by atoms with Crippen LogP contribution in [0.1, 0.15) is 38.2 Å². The zero-order chi connectivity index (χ0) is 13.9. The highest BCUT2D eigenvalue weighted by Crippen LogP contribution is 2.30. The molecule has 19 heavy (non-hydrogen) atoms. The molecule has 1 fully saturated rings. The first-order valence-corrected chi connectivity index (χ1v) is 6.60. The van der Waals surface area contributed by atoms with Crippen molar-refractivity contribution in [2.45, 2.75) is 44.7 Å². The molecule has 2 rings (SSSR count). The second-order valence-electron chi connectivity index (χ2n) is 5.38. The van der Waals surface area contributed by atoms with E-state index in [-0.39, 0.29) is 11.2 Å². The van der Waals surface area contributed by atoms with Crippen LogP contribution in [0, 0.1) is 10.1 Å². The van der Waals surface area contributed by atoms with Crippen molar-refractivity contribution < 1.29 is 9.66 Å². The lowest BCUT2D eigenvalue weighted by molar-refractivity contribution is -0.385. The van der Waals surface area contributed by atoms with Crippen LogP contribution in [-0.2, 0) is 6.54 Å². The van der Waals surface area contributed by atoms with Crippen molar-refractivity contribution in [3.05, 3.63) is 33.9 Å². The first-order valence-electron chi connectivity index (χ1n) is 6.60. The SMILES string of the molecule is COc1ccc(CNC2(C)CCCC2)cc1[N+](=O)[O-]. The van der Waals surface area contributed by atoms with Crippen LogP contribution in [0.3, 0.4) is 0 Å². The molecule has 1 N–H and O–H groups in total. The van der Waals surface area contributed by atoms with Gasteiger partial charge in [-0.25, -0.2) is 0 Å². The maximum atomic E-state index is 11.0. The molecular weight excluding hydrogens is 244 g/mol. The summed E-state index contributed by atoms with van der Waals surface area (Å²) < 4.78 is 5.00. The highest BCUT2D eigenvalue weighted by molar-refractivity contribution is 5.48. The lowest BCUT2D eigenvalue weighted by atomic mass is 10.0. The van der Waals surface area contributed by atoms with Crippen molar-refractivity contribution in [3.8, 4) is 5.75 Å². The second-order valence-corrected chi connectivity index (χ2v) is 5.38. The molecule has 1 aromatic rings. The predicted molar refractivity (Wildman–Crippen MR) is 73.4 cm³/mol. The average molecular weight is 264 g/mol. The summed E-state index contributed by atoms with van der Waals surface area (Å²) >= 11 is 0. The standard InChI is InChI=1S/C14H20N2O3/c1-14(7-3-4-8-14)15-10-11-5-6-13(19-2)12(9-11)16(17)18/h5-6,9,15H,3-4,7-8,10H2,1-2H3. The van der Waals surface area contributed by atoms with E-state index in [1.54, 1.807) is 12.1 Å². The van der Waals surface area contributed by atoms with Gasteiger partial charge in [-0.2, -0.15) is 0 Å². The summed E-state index contributed by atoms with van der Waals surface area (Å²) in [7, 11) is 1.44. The van der Waals surface area contributed by atoms with Gasteiger partial charge in [0.15, 0.2) is 5.75 Å². The fraction of sp³-hybridized carbons (Fsp3) is 0.571. The summed E-state index contributed by atoms with van der Waals surface area (Å²) in [5, 5.41) is 14.5. The molecule has 0 amide bonds. The van der Waals surface area contributed by atoms with Gasteiger partial charge in [-0.3, -0.25) is 10.1 Å². The van der Waals surface area contributed by atoms with Crippen molar-refractivity contribution in [1.82, 2.24) is 5.32 Å². The summed E-state index contributed by atoms with van der Waals surface area (Å²) in [4.78, 5) is 10.6. The van der Waals surface area contributed by atoms with E-state index in [0.29, 0.717) is 12.3 Å². The predicted octanol–water partition coefficient (Wildman–Crippen LogP) is 3.03. The van der Waals surface area contributed by atoms with Gasteiger partial charge in [-0.05, 0) is 31.4 Å². The molecule has 0 bridgehead atoms. The van der Waals surface area contributed by atoms with Crippen LogP contribution in [0.4, 0.5) is 5.69 Å². The minimum absolute atomic E-state index is 0.0263. The van der Waals surface area contributed by atoms with Crippen LogP contribution in [0.5, 0.6) is 5.75 Å². The van der Waals surface area contributed by atoms with Gasteiger partial charge >= 0.3 is 5.69 Å². The van der Waals surface area contributed by atoms with E-state index < -0.39 is 4.92 Å². The molecule has 5 heteroatoms. The number of nitrogens with zero attached hydrogens (tertiary/aromatic N) is 1. The Labute approximate surface area is 113 Å². The third kappa shape index (κ3) is 3.23. The molecule has 0 saturated heterocycles. The van der Waals surface area contributed by atoms with Crippen molar-refractivity contribution in [1.29, 1.82) is 0 Å². The smallest absolute Gasteiger partial charge is 0.311 e. The number of rotatable bonds is 5. The molecule has 1 aromatic carbocycles. The third-order valence-corrected chi connectivity index (χ3v) is 3.87. The first-order chi connectivity index (χ1) is 9.04. The Morgan fingerprint density at radius 3 is 2.68 bits per heavy atom. The van der Waals surface area contributed by atoms with E-state index in [4.69, 9.17) is 4.74 Å². The number of benzene rings is 1. The van der Waals surface area contributed by atoms with Gasteiger partial charge in [0.05, 0.1) is 12.0 Å². The fourth-order valence-corrected chi connectivity index (χ4v) is 2.64. The van der Waals surface area contributed by atoms with Crippen LogP contribution in [0.15, 0.2) is 18.2 Å². The Kier molecular flexibility index (Phi) is 4.04. The zero-order valence-electron chi connectivity index (χ0n) is 11.4. The molecule has 0 heterocycles. The largest absolute Gasteiger partial charge is 0.490 e. The molecule has 0 radical (unpaired) electrons. The van der Waals surface area contributed by atoms with Crippen molar-refractivity contribution >= 4 is 5.69 Å². The average Bonchev–Trinajstić information content (AvgIpc) is 2.83. The van der Waals surface area contributed by atoms with E-state index in [9.17, 15) is 10.1 Å². The van der Waals surface area contributed by atoms with E-state index >= 15 is 0 Å². The topological polar surface area (TPSA) is 64.4 Å². The minimum atomic E-state index is -0.403. The van der Waals surface area contributed by atoms with Crippen molar-refractivity contribution in [3.63, 3.8) is 0 Å². The number of nitrogens with one attached hydrogen (secondary N) is 1. The molecular formula is C14H20N2O3. The Balaban J connectivity index is 2.08. The van der Waals surface area contributed by atoms with Gasteiger partial charge in [0.1, 0.15) is 0 Å². The summed E-state index contributed by atoms with van der Waals surface area (Å²) in [5.74, 6) is 0.306. The molecule has 1 saturated carbocycles. The highest BCUT2D eigenvalue weighted by atomic mass is 16.6. The van der Waals surface area contributed by atoms with Crippen LogP contribution in [-0.4, -0.2) is 17.6 Å². The molecule has 104 valence electrons. The number of methoxy groups -OCH3 is 1. The Hall–Kier alpha value is -1.62. The van der Waals surface area contributed by atoms with E-state index in [2.05, 4.69) is 12.2 Å². The summed E-state index contributed by atoms with van der Waals surface area (Å²) in [6, 6.07) is 5.12. The van der Waals surface area contributed by atoms with E-state index in [0.717, 1.165) is 5.56 Å². The number of hydrogen-bond acceptors (Lipinski definition) is 4. The van der Waals surface area contributed by atoms with E-state index in [1.807, 2.05) is 6.07 Å². The van der Waals surface area contributed by atoms with Crippen LogP contribution >= 0.6 is 0 Å². The Bertz CT molecular complexity index is 468. The molecule has 1 aliphatic rings. The molecule has 1 aliphatic carbocycles. The number of ether oxygens (including phenoxy) is 1. The van der Waals surface area contributed by atoms with Gasteiger partial charge in [-0.15, -0.1) is 0 Å². The first kappa shape index (κ1) is 13.8. The van der Waals surface area contributed by atoms with Crippen LogP contribution < -0.4 is 10.1 Å². The number of nitro benzene ring substituents is 1. The van der Waals surface area contributed by atoms with Crippen molar-refractivity contribution in [2.75, 3.05) is 7.11 Å². The number of hydrogen-bond donors (Lipinski definition) is 1. The molecule has 0 spiro atoms. The Morgan fingerprint density at radius 2 is 2.11 bits per heavy atom. The van der Waals surface area contributed by atoms with Gasteiger partial charge in [-0.1, -0.05) is 18.9 Å². The summed E-state index contributed by atoms with van der Waals surface area (Å²) in [5.41, 5.74) is 1.12. The Morgan fingerprint density at radius 1 is 1.42 bits per heavy atom. The van der Waals surface area contributed by atoms with Crippen molar-refractivity contribution in [2.24, 2.45) is 0 Å². The monoisotopic (exact) mass is 264 g/mol. The van der Waals surface area contributed by atoms with Gasteiger partial charge in [0, 0.05) is 18.2 Å². The maximum absolute atomic E-state index is 11.0. The van der Waals surface area contributed by atoms with Crippen LogP contribution in [0.25, 0.3) is 0 Å². The maximum Gasteiger partial charge on any atom is 0.311 e. The lowest BCUT2D eigenvalue weighted by Gasteiger charge is -2.25. The third-order valence-electron chi connectivity index (χ3n) is 3.87. The highest BCUT2D eigenvalue weighted by Gasteiger charge is 2.27. The normalized spacial score (nSPS) is 17.4. The van der Waals surface area contributed by atoms with Crippen LogP contribution in [0.2, 0.25) is 0 Å². The minimum Gasteiger partial charge on any atom is -0.490 e. The fourth-order valence-electron chi connectivity index (χ4n) is 2.64. The quantitative estimate of drug-likeness (QED) is 0.656. The molecule has 0 atom stereocenters. The number of nitro groups is 1. The second kappa shape index (κ2) is 5.57. The molecule has 0 unspecified atom stereocenters. The summed E-state index contributed by atoms with van der Waals surface area (Å²) in [6.07, 6.45) is 4.86. The molecule has 0 aliphatic heterocycles. The van der Waals surface area contributed by atoms with Gasteiger partial charge < -0.3 is 10.1 Å². The lowest BCUT2D eigenvalue weighted by Crippen LogP contribution is -2.38.